The van der Waals surface area contributed by atoms with E-state index in [4.69, 9.17) is 9.47 Å². The Morgan fingerprint density at radius 3 is 2.42 bits per heavy atom. The lowest BCUT2D eigenvalue weighted by Crippen LogP contribution is -2.33. The molecule has 0 saturated carbocycles. The molecule has 0 aromatic heterocycles. The van der Waals surface area contributed by atoms with E-state index in [1.807, 2.05) is 0 Å². The fourth-order valence-corrected chi connectivity index (χ4v) is 4.56. The number of ether oxygens (including phenoxy) is 2. The molecule has 4 nitrogen and oxygen atoms in total. The van der Waals surface area contributed by atoms with Crippen LogP contribution in [0.4, 0.5) is 0 Å². The van der Waals surface area contributed by atoms with Crippen LogP contribution in [0.15, 0.2) is 4.36 Å². The Labute approximate surface area is 117 Å². The van der Waals surface area contributed by atoms with Gasteiger partial charge in [0, 0.05) is 0 Å². The molecule has 19 heavy (non-hydrogen) atoms. The highest BCUT2D eigenvalue weighted by molar-refractivity contribution is 7.93. The van der Waals surface area contributed by atoms with E-state index in [0.717, 1.165) is 19.3 Å². The first-order valence-electron chi connectivity index (χ1n) is 7.27. The van der Waals surface area contributed by atoms with Crippen molar-refractivity contribution in [2.45, 2.75) is 52.2 Å². The normalized spacial score (nSPS) is 31.9. The second-order valence-electron chi connectivity index (χ2n) is 6.85. The molecule has 0 N–H and O–H groups in total. The highest BCUT2D eigenvalue weighted by Crippen LogP contribution is 2.28. The predicted molar refractivity (Wildman–Crippen MR) is 78.0 cm³/mol. The summed E-state index contributed by atoms with van der Waals surface area (Å²) in [7, 11) is -2.02. The minimum Gasteiger partial charge on any atom is -0.379 e. The predicted octanol–water partition coefficient (Wildman–Crippen LogP) is 2.47. The van der Waals surface area contributed by atoms with Crippen LogP contribution in [0.1, 0.15) is 40.0 Å². The minimum absolute atomic E-state index is 0.127. The zero-order valence-corrected chi connectivity index (χ0v) is 13.2. The zero-order valence-electron chi connectivity index (χ0n) is 12.4. The van der Waals surface area contributed by atoms with E-state index in [0.29, 0.717) is 42.8 Å². The SMILES string of the molecule is CC(C)(C)CC1CCC(N=S2(=O)CCOCC2)CO1. The Hall–Kier alpha value is -0.130. The Kier molecular flexibility index (Phi) is 4.90. The summed E-state index contributed by atoms with van der Waals surface area (Å²) in [5.74, 6) is 1.18. The zero-order chi connectivity index (χ0) is 13.9. The van der Waals surface area contributed by atoms with Crippen LogP contribution in [0.5, 0.6) is 0 Å². The summed E-state index contributed by atoms with van der Waals surface area (Å²) >= 11 is 0. The van der Waals surface area contributed by atoms with E-state index in [1.165, 1.54) is 0 Å². The van der Waals surface area contributed by atoms with Gasteiger partial charge in [-0.05, 0) is 24.7 Å². The molecular weight excluding hydrogens is 262 g/mol. The van der Waals surface area contributed by atoms with Crippen molar-refractivity contribution in [2.75, 3.05) is 31.3 Å². The van der Waals surface area contributed by atoms with Crippen molar-refractivity contribution >= 4 is 9.73 Å². The van der Waals surface area contributed by atoms with Crippen molar-refractivity contribution in [3.8, 4) is 0 Å². The van der Waals surface area contributed by atoms with Gasteiger partial charge in [-0.1, -0.05) is 20.8 Å². The Bertz CT molecular complexity index is 387. The summed E-state index contributed by atoms with van der Waals surface area (Å²) in [6.45, 7) is 8.53. The van der Waals surface area contributed by atoms with Crippen LogP contribution in [0.3, 0.4) is 0 Å². The summed E-state index contributed by atoms with van der Waals surface area (Å²) in [4.78, 5) is 0. The van der Waals surface area contributed by atoms with Crippen molar-refractivity contribution in [3.05, 3.63) is 0 Å². The molecule has 0 bridgehead atoms. The molecule has 2 rings (SSSR count). The molecule has 5 heteroatoms. The van der Waals surface area contributed by atoms with Crippen molar-refractivity contribution in [1.29, 1.82) is 0 Å². The fourth-order valence-electron chi connectivity index (χ4n) is 2.68. The van der Waals surface area contributed by atoms with Gasteiger partial charge in [0.25, 0.3) is 0 Å². The van der Waals surface area contributed by atoms with Gasteiger partial charge in [-0.25, -0.2) is 8.57 Å². The fraction of sp³-hybridized carbons (Fsp3) is 1.00. The van der Waals surface area contributed by atoms with E-state index in [-0.39, 0.29) is 6.04 Å². The summed E-state index contributed by atoms with van der Waals surface area (Å²) in [5, 5.41) is 0. The van der Waals surface area contributed by atoms with E-state index in [2.05, 4.69) is 25.1 Å². The molecule has 112 valence electrons. The summed E-state index contributed by atoms with van der Waals surface area (Å²) in [6.07, 6.45) is 3.48. The second kappa shape index (κ2) is 6.10. The first kappa shape index (κ1) is 15.3. The number of rotatable bonds is 2. The van der Waals surface area contributed by atoms with Gasteiger partial charge in [0.05, 0.1) is 53.2 Å². The monoisotopic (exact) mass is 289 g/mol. The number of hydrogen-bond donors (Lipinski definition) is 0. The topological polar surface area (TPSA) is 47.9 Å². The third kappa shape index (κ3) is 5.04. The van der Waals surface area contributed by atoms with Crippen LogP contribution in [0, 0.1) is 5.41 Å². The average Bonchev–Trinajstić information content (AvgIpc) is 2.30. The summed E-state index contributed by atoms with van der Waals surface area (Å²) < 4.78 is 28.2. The lowest BCUT2D eigenvalue weighted by Gasteiger charge is -2.32. The van der Waals surface area contributed by atoms with E-state index in [9.17, 15) is 4.21 Å². The standard InChI is InChI=1S/C14H27NO3S/c1-14(2,3)10-13-5-4-12(11-18-13)15-19(16)8-6-17-7-9-19/h12-13H,4-11H2,1-3H3. The van der Waals surface area contributed by atoms with Gasteiger partial charge in [0.2, 0.25) is 0 Å². The molecule has 0 radical (unpaired) electrons. The van der Waals surface area contributed by atoms with Crippen LogP contribution in [-0.4, -0.2) is 47.7 Å². The number of hydrogen-bond acceptors (Lipinski definition) is 4. The molecule has 0 aliphatic carbocycles. The number of nitrogens with zero attached hydrogens (tertiary/aromatic N) is 1. The van der Waals surface area contributed by atoms with Crippen LogP contribution < -0.4 is 0 Å². The molecule has 0 aromatic carbocycles. The van der Waals surface area contributed by atoms with Crippen molar-refractivity contribution in [2.24, 2.45) is 9.78 Å². The van der Waals surface area contributed by atoms with Gasteiger partial charge in [-0.3, -0.25) is 0 Å². The van der Waals surface area contributed by atoms with Gasteiger partial charge in [-0.2, -0.15) is 0 Å². The molecule has 2 atom stereocenters. The highest BCUT2D eigenvalue weighted by atomic mass is 32.2. The van der Waals surface area contributed by atoms with Crippen LogP contribution in [0.25, 0.3) is 0 Å². The maximum atomic E-state index is 12.5. The van der Waals surface area contributed by atoms with Crippen LogP contribution in [-0.2, 0) is 19.2 Å². The van der Waals surface area contributed by atoms with Gasteiger partial charge >= 0.3 is 0 Å². The molecule has 2 unspecified atom stereocenters. The van der Waals surface area contributed by atoms with Gasteiger partial charge in [-0.15, -0.1) is 0 Å². The van der Waals surface area contributed by atoms with Gasteiger partial charge < -0.3 is 9.47 Å². The first-order valence-corrected chi connectivity index (χ1v) is 9.13. The molecule has 0 amide bonds. The smallest absolute Gasteiger partial charge is 0.0828 e. The molecule has 0 aromatic rings. The van der Waals surface area contributed by atoms with E-state index >= 15 is 0 Å². The Morgan fingerprint density at radius 2 is 1.89 bits per heavy atom. The quantitative estimate of drug-likeness (QED) is 0.784. The molecule has 0 spiro atoms. The van der Waals surface area contributed by atoms with Crippen molar-refractivity contribution in [1.82, 2.24) is 0 Å². The average molecular weight is 289 g/mol. The minimum atomic E-state index is -2.02. The van der Waals surface area contributed by atoms with Gasteiger partial charge in [0.1, 0.15) is 0 Å². The van der Waals surface area contributed by atoms with Crippen molar-refractivity contribution < 1.29 is 13.7 Å². The molecule has 2 aliphatic heterocycles. The highest BCUT2D eigenvalue weighted by Gasteiger charge is 2.27. The largest absolute Gasteiger partial charge is 0.379 e. The molecule has 2 saturated heterocycles. The third-order valence-corrected chi connectivity index (χ3v) is 5.91. The maximum absolute atomic E-state index is 12.5. The Balaban J connectivity index is 1.86. The first-order chi connectivity index (χ1) is 8.86. The van der Waals surface area contributed by atoms with Crippen LogP contribution >= 0.6 is 0 Å². The molecule has 2 aliphatic rings. The summed E-state index contributed by atoms with van der Waals surface area (Å²) in [5.41, 5.74) is 0.306. The second-order valence-corrected chi connectivity index (χ2v) is 9.42. The van der Waals surface area contributed by atoms with Crippen LogP contribution in [0.2, 0.25) is 0 Å². The molecule has 2 heterocycles. The third-order valence-electron chi connectivity index (χ3n) is 3.62. The van der Waals surface area contributed by atoms with Gasteiger partial charge in [0.15, 0.2) is 0 Å². The molecule has 2 fully saturated rings. The summed E-state index contributed by atoms with van der Waals surface area (Å²) in [6, 6.07) is 0.127. The van der Waals surface area contributed by atoms with Crippen molar-refractivity contribution in [3.63, 3.8) is 0 Å². The molecular formula is C14H27NO3S. The lowest BCUT2D eigenvalue weighted by atomic mass is 9.86. The maximum Gasteiger partial charge on any atom is 0.0828 e. The van der Waals surface area contributed by atoms with E-state index < -0.39 is 9.73 Å². The van der Waals surface area contributed by atoms with E-state index in [1.54, 1.807) is 0 Å². The Morgan fingerprint density at radius 1 is 1.21 bits per heavy atom. The lowest BCUT2D eigenvalue weighted by molar-refractivity contribution is -0.0154.